The van der Waals surface area contributed by atoms with Gasteiger partial charge in [-0.1, -0.05) is 24.6 Å². The maximum absolute atomic E-state index is 12.9. The van der Waals surface area contributed by atoms with E-state index in [1.165, 1.54) is 5.56 Å². The molecule has 7 heteroatoms. The molecule has 1 unspecified atom stereocenters. The zero-order chi connectivity index (χ0) is 22.8. The minimum absolute atomic E-state index is 0.00914. The van der Waals surface area contributed by atoms with Crippen molar-refractivity contribution in [2.45, 2.75) is 57.4 Å². The molecule has 0 bridgehead atoms. The lowest BCUT2D eigenvalue weighted by Crippen LogP contribution is -2.54. The molecule has 0 aliphatic carbocycles. The maximum atomic E-state index is 12.9. The van der Waals surface area contributed by atoms with E-state index in [1.54, 1.807) is 4.90 Å². The number of amides is 1. The second-order valence-corrected chi connectivity index (χ2v) is 9.35. The number of carbonyl (C=O) groups excluding carboxylic acids is 1. The van der Waals surface area contributed by atoms with E-state index in [4.69, 9.17) is 9.72 Å². The molecule has 4 heterocycles. The number of pyridine rings is 1. The summed E-state index contributed by atoms with van der Waals surface area (Å²) in [5.41, 5.74) is 4.39. The average molecular weight is 450 g/mol. The summed E-state index contributed by atoms with van der Waals surface area (Å²) in [6.45, 7) is 2.27. The Labute approximate surface area is 194 Å². The lowest BCUT2D eigenvalue weighted by atomic mass is 9.87. The maximum Gasteiger partial charge on any atom is 0.305 e. The first-order chi connectivity index (χ1) is 16.1. The van der Waals surface area contributed by atoms with Crippen LogP contribution in [0.1, 0.15) is 60.5 Å². The number of ether oxygens (including phenoxy) is 1. The molecule has 1 aromatic heterocycles. The van der Waals surface area contributed by atoms with Gasteiger partial charge in [-0.15, -0.1) is 0 Å². The van der Waals surface area contributed by atoms with E-state index in [0.29, 0.717) is 13.2 Å². The molecule has 0 saturated carbocycles. The number of benzene rings is 1. The number of carbonyl (C=O) groups is 2. The third-order valence-corrected chi connectivity index (χ3v) is 7.09. The van der Waals surface area contributed by atoms with Gasteiger partial charge < -0.3 is 20.1 Å². The van der Waals surface area contributed by atoms with Crippen LogP contribution in [0.3, 0.4) is 0 Å². The van der Waals surface area contributed by atoms with Crippen molar-refractivity contribution in [2.75, 3.05) is 25.0 Å². The Balaban J connectivity index is 1.13. The standard InChI is InChI=1S/C26H31N3O4/c30-24(31)15-22(19-8-7-17-11-13-33-23(17)14-19)29-16-20(26(29)32)4-1-2-6-21-10-9-18-5-3-12-27-25(18)28-21/h7-10,14,20,22H,1-6,11-13,15-16H2,(H,27,28)(H,30,31)/t20?,22-/m0/s1. The molecule has 1 fully saturated rings. The Hall–Kier alpha value is -3.09. The molecule has 174 valence electrons. The van der Waals surface area contributed by atoms with Crippen LogP contribution in [0.25, 0.3) is 0 Å². The third-order valence-electron chi connectivity index (χ3n) is 7.09. The summed E-state index contributed by atoms with van der Waals surface area (Å²) in [6, 6.07) is 9.73. The highest BCUT2D eigenvalue weighted by atomic mass is 16.5. The molecule has 5 rings (SSSR count). The van der Waals surface area contributed by atoms with Crippen LogP contribution >= 0.6 is 0 Å². The third kappa shape index (κ3) is 4.68. The summed E-state index contributed by atoms with van der Waals surface area (Å²) < 4.78 is 5.65. The molecule has 2 atom stereocenters. The predicted octanol–water partition coefficient (Wildman–Crippen LogP) is 3.76. The summed E-state index contributed by atoms with van der Waals surface area (Å²) in [5.74, 6) is 1.01. The molecular weight excluding hydrogens is 418 g/mol. The van der Waals surface area contributed by atoms with E-state index < -0.39 is 12.0 Å². The first-order valence-corrected chi connectivity index (χ1v) is 12.1. The number of likely N-dealkylation sites (tertiary alicyclic amines) is 1. The van der Waals surface area contributed by atoms with Crippen molar-refractivity contribution < 1.29 is 19.4 Å². The summed E-state index contributed by atoms with van der Waals surface area (Å²) in [5, 5.41) is 12.8. The number of rotatable bonds is 9. The Morgan fingerprint density at radius 2 is 2.09 bits per heavy atom. The van der Waals surface area contributed by atoms with Gasteiger partial charge in [-0.3, -0.25) is 9.59 Å². The van der Waals surface area contributed by atoms with E-state index in [1.807, 2.05) is 18.2 Å². The highest BCUT2D eigenvalue weighted by Gasteiger charge is 2.41. The molecule has 7 nitrogen and oxygen atoms in total. The first kappa shape index (κ1) is 21.7. The Morgan fingerprint density at radius 1 is 1.21 bits per heavy atom. The van der Waals surface area contributed by atoms with Gasteiger partial charge in [0.15, 0.2) is 0 Å². The zero-order valence-corrected chi connectivity index (χ0v) is 18.9. The Morgan fingerprint density at radius 3 is 2.94 bits per heavy atom. The van der Waals surface area contributed by atoms with Crippen molar-refractivity contribution in [3.63, 3.8) is 0 Å². The SMILES string of the molecule is O=C(O)C[C@@H](c1ccc2c(c1)OCC2)N1CC(CCCCc2ccc3c(n2)NCCC3)C1=O. The molecular formula is C26H31N3O4. The van der Waals surface area contributed by atoms with Gasteiger partial charge in [0.25, 0.3) is 0 Å². The van der Waals surface area contributed by atoms with Crippen molar-refractivity contribution in [3.05, 3.63) is 52.7 Å². The van der Waals surface area contributed by atoms with Gasteiger partial charge in [-0.25, -0.2) is 4.98 Å². The van der Waals surface area contributed by atoms with Gasteiger partial charge in [0.2, 0.25) is 5.91 Å². The fourth-order valence-corrected chi connectivity index (χ4v) is 5.19. The van der Waals surface area contributed by atoms with Crippen LogP contribution in [0.15, 0.2) is 30.3 Å². The monoisotopic (exact) mass is 449 g/mol. The van der Waals surface area contributed by atoms with Gasteiger partial charge >= 0.3 is 5.97 Å². The molecule has 2 aromatic rings. The van der Waals surface area contributed by atoms with E-state index in [2.05, 4.69) is 17.4 Å². The minimum atomic E-state index is -0.898. The normalized spacial score (nSPS) is 19.7. The fraction of sp³-hybridized carbons (Fsp3) is 0.500. The van der Waals surface area contributed by atoms with Crippen molar-refractivity contribution >= 4 is 17.7 Å². The van der Waals surface area contributed by atoms with Crippen molar-refractivity contribution in [2.24, 2.45) is 5.92 Å². The van der Waals surface area contributed by atoms with Gasteiger partial charge in [0.05, 0.1) is 25.0 Å². The molecule has 0 radical (unpaired) electrons. The number of aromatic nitrogens is 1. The number of hydrogen-bond acceptors (Lipinski definition) is 5. The number of hydrogen-bond donors (Lipinski definition) is 2. The number of fused-ring (bicyclic) bond motifs is 2. The minimum Gasteiger partial charge on any atom is -0.493 e. The smallest absolute Gasteiger partial charge is 0.305 e. The molecule has 3 aliphatic heterocycles. The fourth-order valence-electron chi connectivity index (χ4n) is 5.19. The summed E-state index contributed by atoms with van der Waals surface area (Å²) in [4.78, 5) is 30.9. The van der Waals surface area contributed by atoms with Crippen molar-refractivity contribution in [3.8, 4) is 5.75 Å². The van der Waals surface area contributed by atoms with Crippen LogP contribution in [-0.4, -0.2) is 46.6 Å². The molecule has 3 aliphatic rings. The molecule has 1 aromatic carbocycles. The highest BCUT2D eigenvalue weighted by Crippen LogP contribution is 2.37. The van der Waals surface area contributed by atoms with Crippen LogP contribution in [0, 0.1) is 5.92 Å². The second-order valence-electron chi connectivity index (χ2n) is 9.35. The predicted molar refractivity (Wildman–Crippen MR) is 124 cm³/mol. The Kier molecular flexibility index (Phi) is 6.20. The number of aliphatic carboxylic acids is 1. The quantitative estimate of drug-likeness (QED) is 0.447. The summed E-state index contributed by atoms with van der Waals surface area (Å²) >= 11 is 0. The van der Waals surface area contributed by atoms with Crippen LogP contribution in [0.4, 0.5) is 5.82 Å². The van der Waals surface area contributed by atoms with E-state index in [-0.39, 0.29) is 18.2 Å². The van der Waals surface area contributed by atoms with E-state index in [0.717, 1.165) is 79.9 Å². The number of carboxylic acid groups (broad SMARTS) is 1. The molecule has 33 heavy (non-hydrogen) atoms. The number of nitrogens with one attached hydrogen (secondary N) is 1. The number of aryl methyl sites for hydroxylation is 2. The highest BCUT2D eigenvalue weighted by molar-refractivity contribution is 5.85. The van der Waals surface area contributed by atoms with Gasteiger partial charge in [0, 0.05) is 25.2 Å². The van der Waals surface area contributed by atoms with Crippen molar-refractivity contribution in [1.29, 1.82) is 0 Å². The van der Waals surface area contributed by atoms with E-state index >= 15 is 0 Å². The van der Waals surface area contributed by atoms with Crippen LogP contribution in [0.5, 0.6) is 5.75 Å². The molecule has 2 N–H and O–H groups in total. The number of β-lactam (4-membered cyclic amide) rings is 1. The van der Waals surface area contributed by atoms with Gasteiger partial charge in [-0.2, -0.15) is 0 Å². The Bertz CT molecular complexity index is 1050. The summed E-state index contributed by atoms with van der Waals surface area (Å²) in [7, 11) is 0. The van der Waals surface area contributed by atoms with Gasteiger partial charge in [0.1, 0.15) is 11.6 Å². The van der Waals surface area contributed by atoms with Crippen LogP contribution in [-0.2, 0) is 28.9 Å². The lowest BCUT2D eigenvalue weighted by Gasteiger charge is -2.43. The zero-order valence-electron chi connectivity index (χ0n) is 18.9. The number of nitrogens with zero attached hydrogens (tertiary/aromatic N) is 2. The lowest BCUT2D eigenvalue weighted by molar-refractivity contribution is -0.154. The second kappa shape index (κ2) is 9.41. The summed E-state index contributed by atoms with van der Waals surface area (Å²) in [6.07, 6.45) is 6.76. The molecule has 1 amide bonds. The van der Waals surface area contributed by atoms with Crippen molar-refractivity contribution in [1.82, 2.24) is 9.88 Å². The average Bonchev–Trinajstić information content (AvgIpc) is 3.29. The number of anilines is 1. The first-order valence-electron chi connectivity index (χ1n) is 12.1. The number of carboxylic acids is 1. The largest absolute Gasteiger partial charge is 0.493 e. The van der Waals surface area contributed by atoms with Gasteiger partial charge in [-0.05, 0) is 60.9 Å². The van der Waals surface area contributed by atoms with Crippen LogP contribution in [0.2, 0.25) is 0 Å². The van der Waals surface area contributed by atoms with Crippen LogP contribution < -0.4 is 10.1 Å². The molecule has 1 saturated heterocycles. The topological polar surface area (TPSA) is 91.8 Å². The van der Waals surface area contributed by atoms with E-state index in [9.17, 15) is 14.7 Å². The molecule has 0 spiro atoms. The number of unbranched alkanes of at least 4 members (excludes halogenated alkanes) is 1.